The molecule has 0 amide bonds. The lowest BCUT2D eigenvalue weighted by Crippen LogP contribution is -2.64. The van der Waals surface area contributed by atoms with Gasteiger partial charge >= 0.3 is 0 Å². The minimum atomic E-state index is -2.68. The fourth-order valence-corrected chi connectivity index (χ4v) is 4.67. The van der Waals surface area contributed by atoms with E-state index in [0.29, 0.717) is 0 Å². The van der Waals surface area contributed by atoms with Gasteiger partial charge in [0.1, 0.15) is 0 Å². The first kappa shape index (κ1) is 18.3. The van der Waals surface area contributed by atoms with Gasteiger partial charge < -0.3 is 10.2 Å². The summed E-state index contributed by atoms with van der Waals surface area (Å²) < 4.78 is 11.7. The standard InChI is InChI=1S/C24H14O7/c25-19-13-7-1-4-10-16(13)22(28)20(26)15-9-3-6-12-18(15)24(30-22)21(27)14-8-2-5-11-17(14)23(19,29)31-24/h1-12,28-29H. The highest BCUT2D eigenvalue weighted by molar-refractivity contribution is 6.15. The number of rotatable bonds is 0. The van der Waals surface area contributed by atoms with Gasteiger partial charge in [-0.1, -0.05) is 72.8 Å². The third-order valence-electron chi connectivity index (χ3n) is 6.10. The molecule has 0 fully saturated rings. The second kappa shape index (κ2) is 5.60. The summed E-state index contributed by atoms with van der Waals surface area (Å²) in [5.74, 6) is -10.2. The third-order valence-corrected chi connectivity index (χ3v) is 6.10. The predicted octanol–water partition coefficient (Wildman–Crippen LogP) is 2.15. The van der Waals surface area contributed by atoms with Crippen molar-refractivity contribution < 1.29 is 34.1 Å². The van der Waals surface area contributed by atoms with Crippen molar-refractivity contribution in [2.45, 2.75) is 17.4 Å². The lowest BCUT2D eigenvalue weighted by Gasteiger charge is -2.51. The Morgan fingerprint density at radius 3 is 1.35 bits per heavy atom. The van der Waals surface area contributed by atoms with Gasteiger partial charge in [-0.3, -0.25) is 23.9 Å². The Kier molecular flexibility index (Phi) is 3.30. The van der Waals surface area contributed by atoms with E-state index in [0.717, 1.165) is 0 Å². The molecule has 3 aromatic carbocycles. The van der Waals surface area contributed by atoms with Crippen molar-refractivity contribution in [1.29, 1.82) is 0 Å². The third kappa shape index (κ3) is 1.99. The number of carbonyl (C=O) groups excluding carboxylic acids is 3. The van der Waals surface area contributed by atoms with Crippen LogP contribution in [0.1, 0.15) is 47.8 Å². The molecule has 0 aromatic heterocycles. The van der Waals surface area contributed by atoms with Crippen LogP contribution in [0.5, 0.6) is 0 Å². The molecule has 3 bridgehead atoms. The van der Waals surface area contributed by atoms with Gasteiger partial charge in [-0.2, -0.15) is 0 Å². The maximum absolute atomic E-state index is 13.7. The Balaban J connectivity index is 1.82. The lowest BCUT2D eigenvalue weighted by atomic mass is 9.75. The van der Waals surface area contributed by atoms with Crippen molar-refractivity contribution >= 4 is 17.3 Å². The highest BCUT2D eigenvalue weighted by Crippen LogP contribution is 2.55. The van der Waals surface area contributed by atoms with E-state index in [9.17, 15) is 24.6 Å². The summed E-state index contributed by atoms with van der Waals surface area (Å²) >= 11 is 0. The highest BCUT2D eigenvalue weighted by Gasteiger charge is 2.68. The maximum Gasteiger partial charge on any atom is 0.268 e. The molecule has 7 nitrogen and oxygen atoms in total. The van der Waals surface area contributed by atoms with Gasteiger partial charge in [0, 0.05) is 33.4 Å². The molecule has 1 spiro atoms. The number of aliphatic hydroxyl groups is 2. The Hall–Kier alpha value is -3.49. The second-order valence-corrected chi connectivity index (χ2v) is 7.73. The van der Waals surface area contributed by atoms with Crippen LogP contribution in [0.25, 0.3) is 0 Å². The van der Waals surface area contributed by atoms with E-state index in [1.54, 1.807) is 24.3 Å². The molecule has 3 aliphatic rings. The summed E-state index contributed by atoms with van der Waals surface area (Å²) in [6.07, 6.45) is 0. The molecule has 3 atom stereocenters. The van der Waals surface area contributed by atoms with Gasteiger partial charge in [-0.15, -0.1) is 0 Å². The minimum Gasteiger partial charge on any atom is -0.356 e. The molecule has 0 saturated heterocycles. The molecule has 3 aliphatic heterocycles. The zero-order chi connectivity index (χ0) is 21.6. The van der Waals surface area contributed by atoms with E-state index < -0.39 is 34.7 Å². The van der Waals surface area contributed by atoms with Gasteiger partial charge in [-0.25, -0.2) is 0 Å². The fourth-order valence-electron chi connectivity index (χ4n) is 4.67. The molecule has 152 valence electrons. The molecule has 0 radical (unpaired) electrons. The number of ketones is 3. The number of hydrogen-bond acceptors (Lipinski definition) is 7. The second-order valence-electron chi connectivity index (χ2n) is 7.73. The van der Waals surface area contributed by atoms with Crippen LogP contribution in [0.4, 0.5) is 0 Å². The molecule has 3 unspecified atom stereocenters. The smallest absolute Gasteiger partial charge is 0.268 e. The highest BCUT2D eigenvalue weighted by atomic mass is 16.8. The molecular weight excluding hydrogens is 400 g/mol. The minimum absolute atomic E-state index is 0.00418. The number of benzene rings is 3. The van der Waals surface area contributed by atoms with Gasteiger partial charge in [0.15, 0.2) is 0 Å². The average molecular weight is 414 g/mol. The van der Waals surface area contributed by atoms with Crippen LogP contribution in [0.2, 0.25) is 0 Å². The van der Waals surface area contributed by atoms with E-state index in [2.05, 4.69) is 0 Å². The van der Waals surface area contributed by atoms with E-state index in [4.69, 9.17) is 9.47 Å². The average Bonchev–Trinajstić information content (AvgIpc) is 2.80. The summed E-state index contributed by atoms with van der Waals surface area (Å²) in [5, 5.41) is 23.1. The Morgan fingerprint density at radius 1 is 0.516 bits per heavy atom. The summed E-state index contributed by atoms with van der Waals surface area (Å²) in [6, 6.07) is 17.8. The first-order chi connectivity index (χ1) is 14.8. The number of Topliss-reactive ketones (excluding diaryl/α,β-unsaturated/α-hetero) is 3. The van der Waals surface area contributed by atoms with Crippen LogP contribution in [0, 0.1) is 0 Å². The molecule has 2 N–H and O–H groups in total. The quantitative estimate of drug-likeness (QED) is 0.580. The predicted molar refractivity (Wildman–Crippen MR) is 104 cm³/mol. The summed E-state index contributed by atoms with van der Waals surface area (Å²) in [5.41, 5.74) is -0.356. The summed E-state index contributed by atoms with van der Waals surface area (Å²) in [6.45, 7) is 0. The Morgan fingerprint density at radius 2 is 0.871 bits per heavy atom. The van der Waals surface area contributed by atoms with Gasteiger partial charge in [0.05, 0.1) is 0 Å². The van der Waals surface area contributed by atoms with Crippen LogP contribution < -0.4 is 0 Å². The number of fused-ring (bicyclic) bond motifs is 7. The molecule has 3 aromatic rings. The van der Waals surface area contributed by atoms with Crippen LogP contribution in [0.3, 0.4) is 0 Å². The van der Waals surface area contributed by atoms with Crippen LogP contribution in [-0.4, -0.2) is 27.6 Å². The van der Waals surface area contributed by atoms with Crippen LogP contribution >= 0.6 is 0 Å². The van der Waals surface area contributed by atoms with Gasteiger partial charge in [0.25, 0.3) is 17.4 Å². The van der Waals surface area contributed by atoms with E-state index in [-0.39, 0.29) is 33.4 Å². The SMILES string of the molecule is O=C1c2ccccc2C2(O)OC3(OC1(O)c1ccccc1C3=O)c1ccccc1C2=O. The first-order valence-electron chi connectivity index (χ1n) is 9.61. The molecule has 6 rings (SSSR count). The largest absolute Gasteiger partial charge is 0.356 e. The van der Waals surface area contributed by atoms with Crippen molar-refractivity contribution in [3.63, 3.8) is 0 Å². The molecule has 0 saturated carbocycles. The molecule has 31 heavy (non-hydrogen) atoms. The zero-order valence-corrected chi connectivity index (χ0v) is 15.9. The van der Waals surface area contributed by atoms with Crippen molar-refractivity contribution in [2.24, 2.45) is 0 Å². The number of hydrogen-bond donors (Lipinski definition) is 2. The number of ether oxygens (including phenoxy) is 2. The zero-order valence-electron chi connectivity index (χ0n) is 15.9. The monoisotopic (exact) mass is 414 g/mol. The molecular formula is C24H14O7. The molecule has 7 heteroatoms. The van der Waals surface area contributed by atoms with Gasteiger partial charge in [-0.05, 0) is 0 Å². The fraction of sp³-hybridized carbons (Fsp3) is 0.125. The van der Waals surface area contributed by atoms with Crippen molar-refractivity contribution in [1.82, 2.24) is 0 Å². The Labute approximate surface area is 175 Å². The number of carbonyl (C=O) groups is 3. The van der Waals surface area contributed by atoms with Crippen LogP contribution in [0.15, 0.2) is 72.8 Å². The summed E-state index contributed by atoms with van der Waals surface area (Å²) in [4.78, 5) is 40.7. The molecule has 0 aliphatic carbocycles. The lowest BCUT2D eigenvalue weighted by molar-refractivity contribution is -0.378. The van der Waals surface area contributed by atoms with Crippen molar-refractivity contribution in [3.05, 3.63) is 106 Å². The Bertz CT molecular complexity index is 1340. The topological polar surface area (TPSA) is 110 Å². The van der Waals surface area contributed by atoms with E-state index in [1.165, 1.54) is 48.5 Å². The van der Waals surface area contributed by atoms with Crippen LogP contribution in [-0.2, 0) is 26.8 Å². The maximum atomic E-state index is 13.7. The van der Waals surface area contributed by atoms with Crippen molar-refractivity contribution in [2.75, 3.05) is 0 Å². The first-order valence-corrected chi connectivity index (χ1v) is 9.61. The summed E-state index contributed by atoms with van der Waals surface area (Å²) in [7, 11) is 0. The van der Waals surface area contributed by atoms with Gasteiger partial charge in [0.2, 0.25) is 17.3 Å². The van der Waals surface area contributed by atoms with Crippen molar-refractivity contribution in [3.8, 4) is 0 Å². The molecule has 3 heterocycles. The van der Waals surface area contributed by atoms with E-state index >= 15 is 0 Å². The normalized spacial score (nSPS) is 30.6. The van der Waals surface area contributed by atoms with E-state index in [1.807, 2.05) is 0 Å².